The Bertz CT molecular complexity index is 1370. The number of hydrogen-bond donors (Lipinski definition) is 1. The largest absolute Gasteiger partial charge is 0.350 e. The first kappa shape index (κ1) is 30.9. The van der Waals surface area contributed by atoms with Crippen molar-refractivity contribution < 1.29 is 18.0 Å². The van der Waals surface area contributed by atoms with E-state index in [9.17, 15) is 18.0 Å². The zero-order chi connectivity index (χ0) is 29.5. The van der Waals surface area contributed by atoms with Crippen LogP contribution in [0.1, 0.15) is 57.2 Å². The van der Waals surface area contributed by atoms with E-state index in [-0.39, 0.29) is 24.8 Å². The van der Waals surface area contributed by atoms with Crippen molar-refractivity contribution in [2.24, 2.45) is 0 Å². The first-order chi connectivity index (χ1) is 18.7. The molecule has 3 aromatic carbocycles. The van der Waals surface area contributed by atoms with E-state index in [1.165, 1.54) is 4.90 Å². The van der Waals surface area contributed by atoms with Crippen molar-refractivity contribution in [3.63, 3.8) is 0 Å². The van der Waals surface area contributed by atoms with Crippen LogP contribution in [0, 0.1) is 0 Å². The second kappa shape index (κ2) is 13.1. The number of rotatable bonds is 11. The van der Waals surface area contributed by atoms with Gasteiger partial charge in [0.2, 0.25) is 21.8 Å². The van der Waals surface area contributed by atoms with Crippen LogP contribution in [-0.2, 0) is 32.6 Å². The van der Waals surface area contributed by atoms with Crippen molar-refractivity contribution in [1.29, 1.82) is 0 Å². The van der Waals surface area contributed by atoms with Gasteiger partial charge in [0.05, 0.1) is 11.9 Å². The SMILES string of the molecule is CC(C)c1ccc(N(CC(=O)N(Cc2ccccc2)[C@H](Cc2ccccc2)C(=O)NC(C)(C)C)S(C)(=O)=O)cc1. The molecule has 0 saturated heterocycles. The van der Waals surface area contributed by atoms with Crippen molar-refractivity contribution in [2.75, 3.05) is 17.1 Å². The number of sulfonamides is 1. The minimum atomic E-state index is -3.80. The fourth-order valence-corrected chi connectivity index (χ4v) is 5.28. The highest BCUT2D eigenvalue weighted by atomic mass is 32.2. The fourth-order valence-electron chi connectivity index (χ4n) is 4.43. The first-order valence-electron chi connectivity index (χ1n) is 13.5. The fraction of sp³-hybridized carbons (Fsp3) is 0.375. The van der Waals surface area contributed by atoms with E-state index in [1.807, 2.05) is 93.6 Å². The third-order valence-electron chi connectivity index (χ3n) is 6.49. The van der Waals surface area contributed by atoms with Gasteiger partial charge in [-0.1, -0.05) is 86.6 Å². The van der Waals surface area contributed by atoms with Gasteiger partial charge in [0.15, 0.2) is 0 Å². The van der Waals surface area contributed by atoms with Crippen molar-refractivity contribution >= 4 is 27.5 Å². The van der Waals surface area contributed by atoms with Gasteiger partial charge in [-0.25, -0.2) is 8.42 Å². The number of benzene rings is 3. The van der Waals surface area contributed by atoms with Crippen LogP contribution in [0.5, 0.6) is 0 Å². The predicted molar refractivity (Wildman–Crippen MR) is 162 cm³/mol. The van der Waals surface area contributed by atoms with Crippen molar-refractivity contribution in [2.45, 2.75) is 65.1 Å². The summed E-state index contributed by atoms with van der Waals surface area (Å²) < 4.78 is 27.0. The van der Waals surface area contributed by atoms with E-state index >= 15 is 0 Å². The highest BCUT2D eigenvalue weighted by molar-refractivity contribution is 7.92. The van der Waals surface area contributed by atoms with E-state index < -0.39 is 34.1 Å². The number of anilines is 1. The molecule has 0 unspecified atom stereocenters. The van der Waals surface area contributed by atoms with Gasteiger partial charge in [0.25, 0.3) is 0 Å². The second-order valence-electron chi connectivity index (χ2n) is 11.5. The van der Waals surface area contributed by atoms with E-state index in [0.29, 0.717) is 5.69 Å². The predicted octanol–water partition coefficient (Wildman–Crippen LogP) is 5.13. The highest BCUT2D eigenvalue weighted by Crippen LogP contribution is 2.23. The summed E-state index contributed by atoms with van der Waals surface area (Å²) in [7, 11) is -3.80. The van der Waals surface area contributed by atoms with Crippen LogP contribution in [0.2, 0.25) is 0 Å². The van der Waals surface area contributed by atoms with Gasteiger partial charge in [-0.3, -0.25) is 13.9 Å². The summed E-state index contributed by atoms with van der Waals surface area (Å²) in [5.41, 5.74) is 2.68. The Labute approximate surface area is 239 Å². The maximum Gasteiger partial charge on any atom is 0.244 e. The summed E-state index contributed by atoms with van der Waals surface area (Å²) in [4.78, 5) is 29.3. The molecular formula is C32H41N3O4S. The minimum Gasteiger partial charge on any atom is -0.350 e. The van der Waals surface area contributed by atoms with E-state index in [4.69, 9.17) is 0 Å². The second-order valence-corrected chi connectivity index (χ2v) is 13.4. The van der Waals surface area contributed by atoms with Gasteiger partial charge in [-0.2, -0.15) is 0 Å². The summed E-state index contributed by atoms with van der Waals surface area (Å²) in [5.74, 6) is -0.483. The maximum atomic E-state index is 14.1. The minimum absolute atomic E-state index is 0.151. The lowest BCUT2D eigenvalue weighted by molar-refractivity contribution is -0.140. The topological polar surface area (TPSA) is 86.8 Å². The highest BCUT2D eigenvalue weighted by Gasteiger charge is 2.34. The molecule has 0 aliphatic heterocycles. The molecule has 0 bridgehead atoms. The van der Waals surface area contributed by atoms with Gasteiger partial charge < -0.3 is 10.2 Å². The standard InChI is InChI=1S/C32H41N3O4S/c1-24(2)27-17-19-28(20-18-27)35(40(6,38)39)23-30(36)34(22-26-15-11-8-12-16-26)29(31(37)33-32(3,4)5)21-25-13-9-7-10-14-25/h7-20,24,29H,21-23H2,1-6H3,(H,33,37)/t29-/m1/s1. The molecule has 214 valence electrons. The van der Waals surface area contributed by atoms with Crippen LogP contribution in [-0.4, -0.2) is 49.5 Å². The lowest BCUT2D eigenvalue weighted by Gasteiger charge is -2.35. The third-order valence-corrected chi connectivity index (χ3v) is 7.63. The molecule has 0 spiro atoms. The lowest BCUT2D eigenvalue weighted by Crippen LogP contribution is -2.56. The Morgan fingerprint density at radius 3 is 1.82 bits per heavy atom. The number of nitrogens with zero attached hydrogens (tertiary/aromatic N) is 2. The van der Waals surface area contributed by atoms with Gasteiger partial charge in [0, 0.05) is 18.5 Å². The lowest BCUT2D eigenvalue weighted by atomic mass is 10.0. The monoisotopic (exact) mass is 563 g/mol. The molecule has 1 N–H and O–H groups in total. The summed E-state index contributed by atoms with van der Waals surface area (Å²) in [6.45, 7) is 9.51. The maximum absolute atomic E-state index is 14.1. The number of carbonyl (C=O) groups is 2. The normalized spacial score (nSPS) is 12.6. The third kappa shape index (κ3) is 8.95. The molecule has 3 aromatic rings. The van der Waals surface area contributed by atoms with Crippen molar-refractivity contribution in [1.82, 2.24) is 10.2 Å². The zero-order valence-electron chi connectivity index (χ0n) is 24.3. The molecule has 0 aliphatic rings. The average molecular weight is 564 g/mol. The molecule has 0 radical (unpaired) electrons. The summed E-state index contributed by atoms with van der Waals surface area (Å²) in [6.07, 6.45) is 1.37. The smallest absolute Gasteiger partial charge is 0.244 e. The van der Waals surface area contributed by atoms with Gasteiger partial charge >= 0.3 is 0 Å². The molecule has 3 rings (SSSR count). The number of hydrogen-bond acceptors (Lipinski definition) is 4. The molecular weight excluding hydrogens is 522 g/mol. The van der Waals surface area contributed by atoms with E-state index in [1.54, 1.807) is 12.1 Å². The van der Waals surface area contributed by atoms with E-state index in [0.717, 1.165) is 27.3 Å². The zero-order valence-corrected chi connectivity index (χ0v) is 25.1. The summed E-state index contributed by atoms with van der Waals surface area (Å²) >= 11 is 0. The van der Waals surface area contributed by atoms with Crippen molar-refractivity contribution in [3.8, 4) is 0 Å². The summed E-state index contributed by atoms with van der Waals surface area (Å²) in [6, 6.07) is 25.3. The van der Waals surface area contributed by atoms with Crippen molar-refractivity contribution in [3.05, 3.63) is 102 Å². The number of nitrogens with one attached hydrogen (secondary N) is 1. The molecule has 8 heteroatoms. The molecule has 0 aliphatic carbocycles. The van der Waals surface area contributed by atoms with Crippen LogP contribution < -0.4 is 9.62 Å². The van der Waals surface area contributed by atoms with Crippen LogP contribution in [0.3, 0.4) is 0 Å². The molecule has 2 amide bonds. The summed E-state index contributed by atoms with van der Waals surface area (Å²) in [5, 5.41) is 3.03. The van der Waals surface area contributed by atoms with Gasteiger partial charge in [-0.05, 0) is 55.5 Å². The molecule has 0 heterocycles. The van der Waals surface area contributed by atoms with E-state index in [2.05, 4.69) is 19.2 Å². The van der Waals surface area contributed by atoms with Crippen LogP contribution in [0.4, 0.5) is 5.69 Å². The Hall–Kier alpha value is -3.65. The van der Waals surface area contributed by atoms with Crippen LogP contribution in [0.25, 0.3) is 0 Å². The molecule has 0 saturated carbocycles. The first-order valence-corrected chi connectivity index (χ1v) is 15.4. The molecule has 0 aromatic heterocycles. The Kier molecular flexibility index (Phi) is 10.1. The number of amides is 2. The Morgan fingerprint density at radius 2 is 1.35 bits per heavy atom. The molecule has 0 fully saturated rings. The quantitative estimate of drug-likeness (QED) is 0.350. The van der Waals surface area contributed by atoms with Gasteiger partial charge in [0.1, 0.15) is 12.6 Å². The molecule has 40 heavy (non-hydrogen) atoms. The Balaban J connectivity index is 2.04. The van der Waals surface area contributed by atoms with Crippen LogP contribution >= 0.6 is 0 Å². The van der Waals surface area contributed by atoms with Crippen LogP contribution in [0.15, 0.2) is 84.9 Å². The average Bonchev–Trinajstić information content (AvgIpc) is 2.88. The molecule has 7 nitrogen and oxygen atoms in total. The van der Waals surface area contributed by atoms with Gasteiger partial charge in [-0.15, -0.1) is 0 Å². The molecule has 1 atom stereocenters. The Morgan fingerprint density at radius 1 is 0.825 bits per heavy atom. The number of carbonyl (C=O) groups excluding carboxylic acids is 2.